The molecule has 2 aliphatic heterocycles. The summed E-state index contributed by atoms with van der Waals surface area (Å²) in [5.74, 6) is 2.07. The van der Waals surface area contributed by atoms with Crippen molar-refractivity contribution in [2.75, 3.05) is 26.2 Å². The van der Waals surface area contributed by atoms with E-state index in [2.05, 4.69) is 33.0 Å². The molecule has 2 saturated heterocycles. The minimum Gasteiger partial charge on any atom is -0.490 e. The highest BCUT2D eigenvalue weighted by molar-refractivity contribution is 5.76. The Bertz CT molecular complexity index is 755. The molecule has 2 aromatic rings. The molecule has 1 saturated carbocycles. The molecule has 5 rings (SSSR count). The number of nitrogens with zero attached hydrogens (tertiary/aromatic N) is 3. The molecule has 5 heteroatoms. The lowest BCUT2D eigenvalue weighted by molar-refractivity contribution is 0.0494. The maximum absolute atomic E-state index is 6.32. The van der Waals surface area contributed by atoms with E-state index in [1.165, 1.54) is 64.7 Å². The van der Waals surface area contributed by atoms with Gasteiger partial charge in [0.1, 0.15) is 17.7 Å². The van der Waals surface area contributed by atoms with Crippen molar-refractivity contribution in [2.45, 2.75) is 70.1 Å². The van der Waals surface area contributed by atoms with E-state index in [9.17, 15) is 0 Å². The lowest BCUT2D eigenvalue weighted by Crippen LogP contribution is -2.46. The first-order valence-corrected chi connectivity index (χ1v) is 11.0. The Balaban J connectivity index is 1.19. The molecule has 0 spiro atoms. The van der Waals surface area contributed by atoms with Crippen LogP contribution in [-0.2, 0) is 6.54 Å². The number of rotatable bonds is 5. The van der Waals surface area contributed by atoms with Gasteiger partial charge in [0, 0.05) is 25.2 Å². The quantitative estimate of drug-likeness (QED) is 0.868. The van der Waals surface area contributed by atoms with E-state index in [0.717, 1.165) is 48.0 Å². The summed E-state index contributed by atoms with van der Waals surface area (Å²) >= 11 is 0. The lowest BCUT2D eigenvalue weighted by Gasteiger charge is -2.41. The summed E-state index contributed by atoms with van der Waals surface area (Å²) in [6.45, 7) is 5.73. The number of piperidine rings is 2. The molecular formula is C22H32N4O. The predicted molar refractivity (Wildman–Crippen MR) is 108 cm³/mol. The third kappa shape index (κ3) is 3.99. The van der Waals surface area contributed by atoms with Crippen LogP contribution in [0.3, 0.4) is 0 Å². The van der Waals surface area contributed by atoms with Crippen molar-refractivity contribution in [1.29, 1.82) is 0 Å². The molecule has 3 aliphatic rings. The number of likely N-dealkylation sites (tertiary alicyclic amines) is 2. The van der Waals surface area contributed by atoms with Crippen LogP contribution in [0.2, 0.25) is 0 Å². The van der Waals surface area contributed by atoms with Crippen molar-refractivity contribution in [3.8, 4) is 5.75 Å². The average molecular weight is 369 g/mol. The van der Waals surface area contributed by atoms with Crippen LogP contribution in [0.25, 0.3) is 11.0 Å². The number of hydrogen-bond donors (Lipinski definition) is 1. The van der Waals surface area contributed by atoms with E-state index in [1.54, 1.807) is 0 Å². The third-order valence-corrected chi connectivity index (χ3v) is 6.69. The number of hydrogen-bond acceptors (Lipinski definition) is 4. The molecule has 146 valence electrons. The fraction of sp³-hybridized carbons (Fsp3) is 0.682. The molecule has 0 bridgehead atoms. The maximum atomic E-state index is 6.32. The van der Waals surface area contributed by atoms with Gasteiger partial charge >= 0.3 is 0 Å². The van der Waals surface area contributed by atoms with Gasteiger partial charge in [-0.25, -0.2) is 4.98 Å². The van der Waals surface area contributed by atoms with Crippen molar-refractivity contribution in [1.82, 2.24) is 19.8 Å². The molecule has 0 amide bonds. The number of imidazole rings is 1. The van der Waals surface area contributed by atoms with E-state index < -0.39 is 0 Å². The topological polar surface area (TPSA) is 44.4 Å². The molecule has 0 unspecified atom stereocenters. The molecule has 1 aromatic heterocycles. The predicted octanol–water partition coefficient (Wildman–Crippen LogP) is 3.94. The summed E-state index contributed by atoms with van der Waals surface area (Å²) in [5.41, 5.74) is 2.15. The Morgan fingerprint density at radius 2 is 1.78 bits per heavy atom. The average Bonchev–Trinajstić information content (AvgIpc) is 3.04. The summed E-state index contributed by atoms with van der Waals surface area (Å²) in [6.07, 6.45) is 10.9. The Labute approximate surface area is 162 Å². The van der Waals surface area contributed by atoms with E-state index in [0.29, 0.717) is 6.10 Å². The highest BCUT2D eigenvalue weighted by atomic mass is 16.5. The third-order valence-electron chi connectivity index (χ3n) is 6.69. The molecule has 1 aliphatic carbocycles. The molecule has 3 fully saturated rings. The number of benzene rings is 1. The molecule has 27 heavy (non-hydrogen) atoms. The Kier molecular flexibility index (Phi) is 5.06. The molecule has 0 atom stereocenters. The molecule has 0 radical (unpaired) electrons. The zero-order valence-corrected chi connectivity index (χ0v) is 16.3. The summed E-state index contributed by atoms with van der Waals surface area (Å²) in [6, 6.07) is 7.20. The largest absolute Gasteiger partial charge is 0.490 e. The van der Waals surface area contributed by atoms with Crippen LogP contribution in [0.1, 0.15) is 57.2 Å². The van der Waals surface area contributed by atoms with Crippen molar-refractivity contribution in [2.24, 2.45) is 0 Å². The molecule has 1 aromatic carbocycles. The van der Waals surface area contributed by atoms with Gasteiger partial charge in [-0.3, -0.25) is 4.90 Å². The first kappa shape index (κ1) is 17.5. The molecular weight excluding hydrogens is 336 g/mol. The van der Waals surface area contributed by atoms with Gasteiger partial charge < -0.3 is 14.6 Å². The van der Waals surface area contributed by atoms with Crippen molar-refractivity contribution < 1.29 is 4.74 Å². The lowest BCUT2D eigenvalue weighted by atomic mass is 9.90. The Hall–Kier alpha value is -1.59. The van der Waals surface area contributed by atoms with Crippen LogP contribution in [-0.4, -0.2) is 58.1 Å². The minimum atomic E-state index is 0.356. The molecule has 1 N–H and O–H groups in total. The van der Waals surface area contributed by atoms with Crippen molar-refractivity contribution in [3.05, 3.63) is 24.0 Å². The summed E-state index contributed by atoms with van der Waals surface area (Å²) in [5, 5.41) is 0. The number of aromatic nitrogens is 2. The first-order valence-electron chi connectivity index (χ1n) is 11.0. The van der Waals surface area contributed by atoms with Gasteiger partial charge in [-0.05, 0) is 63.7 Å². The summed E-state index contributed by atoms with van der Waals surface area (Å²) < 4.78 is 6.32. The normalized spacial score (nSPS) is 23.6. The monoisotopic (exact) mass is 368 g/mol. The SMILES string of the molecule is c1cc2nc(CN3CCCCC3)[nH]c2cc1OC1CCN(C2CCC2)CC1. The zero-order valence-electron chi connectivity index (χ0n) is 16.3. The smallest absolute Gasteiger partial charge is 0.121 e. The van der Waals surface area contributed by atoms with Gasteiger partial charge in [0.2, 0.25) is 0 Å². The van der Waals surface area contributed by atoms with Gasteiger partial charge in [0.05, 0.1) is 17.6 Å². The van der Waals surface area contributed by atoms with Gasteiger partial charge in [-0.1, -0.05) is 12.8 Å². The first-order chi connectivity index (χ1) is 13.3. The van der Waals surface area contributed by atoms with Crippen LogP contribution in [0, 0.1) is 0 Å². The molecule has 5 nitrogen and oxygen atoms in total. The van der Waals surface area contributed by atoms with Gasteiger partial charge in [-0.15, -0.1) is 0 Å². The van der Waals surface area contributed by atoms with Gasteiger partial charge in [0.25, 0.3) is 0 Å². The van der Waals surface area contributed by atoms with Crippen molar-refractivity contribution in [3.63, 3.8) is 0 Å². The van der Waals surface area contributed by atoms with Crippen LogP contribution in [0.15, 0.2) is 18.2 Å². The fourth-order valence-electron chi connectivity index (χ4n) is 4.82. The summed E-state index contributed by atoms with van der Waals surface area (Å²) in [7, 11) is 0. The van der Waals surface area contributed by atoms with E-state index in [1.807, 2.05) is 0 Å². The van der Waals surface area contributed by atoms with Crippen LogP contribution < -0.4 is 4.74 Å². The maximum Gasteiger partial charge on any atom is 0.121 e. The second-order valence-corrected chi connectivity index (χ2v) is 8.64. The Morgan fingerprint density at radius 1 is 0.963 bits per heavy atom. The van der Waals surface area contributed by atoms with Crippen LogP contribution in [0.5, 0.6) is 5.75 Å². The summed E-state index contributed by atoms with van der Waals surface area (Å²) in [4.78, 5) is 13.5. The van der Waals surface area contributed by atoms with E-state index >= 15 is 0 Å². The second-order valence-electron chi connectivity index (χ2n) is 8.64. The van der Waals surface area contributed by atoms with Crippen LogP contribution >= 0.6 is 0 Å². The Morgan fingerprint density at radius 3 is 2.52 bits per heavy atom. The van der Waals surface area contributed by atoms with E-state index in [-0.39, 0.29) is 0 Å². The number of fused-ring (bicyclic) bond motifs is 1. The number of H-pyrrole nitrogens is 1. The minimum absolute atomic E-state index is 0.356. The number of nitrogens with one attached hydrogen (secondary N) is 1. The fourth-order valence-corrected chi connectivity index (χ4v) is 4.82. The van der Waals surface area contributed by atoms with Crippen molar-refractivity contribution >= 4 is 11.0 Å². The second kappa shape index (κ2) is 7.80. The highest BCUT2D eigenvalue weighted by Crippen LogP contribution is 2.29. The number of ether oxygens (including phenoxy) is 1. The highest BCUT2D eigenvalue weighted by Gasteiger charge is 2.29. The molecule has 3 heterocycles. The van der Waals surface area contributed by atoms with Gasteiger partial charge in [-0.2, -0.15) is 0 Å². The zero-order chi connectivity index (χ0) is 18.1. The van der Waals surface area contributed by atoms with E-state index in [4.69, 9.17) is 9.72 Å². The standard InChI is InChI=1S/C22H32N4O/c1-2-11-25(12-3-1)16-22-23-20-8-7-19(15-21(20)24-22)27-18-9-13-26(14-10-18)17-5-4-6-17/h7-8,15,17-18H,1-6,9-14,16H2,(H,23,24). The van der Waals surface area contributed by atoms with Crippen LogP contribution in [0.4, 0.5) is 0 Å². The number of aromatic amines is 1. The van der Waals surface area contributed by atoms with Gasteiger partial charge in [0.15, 0.2) is 0 Å².